The molecule has 0 saturated heterocycles. The molecule has 5 heteroatoms. The molecule has 0 spiro atoms. The Balaban J connectivity index is 2.18. The van der Waals surface area contributed by atoms with Crippen LogP contribution in [0.4, 0.5) is 0 Å². The van der Waals surface area contributed by atoms with Gasteiger partial charge >= 0.3 is 5.97 Å². The molecule has 1 amide bonds. The second kappa shape index (κ2) is 6.26. The highest BCUT2D eigenvalue weighted by Crippen LogP contribution is 2.15. The maximum atomic E-state index is 12.4. The molecular weight excluding hydrogens is 270 g/mol. The van der Waals surface area contributed by atoms with Crippen LogP contribution in [0, 0.1) is 6.92 Å². The van der Waals surface area contributed by atoms with E-state index >= 15 is 0 Å². The van der Waals surface area contributed by atoms with E-state index < -0.39 is 5.97 Å². The molecule has 21 heavy (non-hydrogen) atoms. The van der Waals surface area contributed by atoms with Crippen molar-refractivity contribution in [3.63, 3.8) is 0 Å². The van der Waals surface area contributed by atoms with Crippen molar-refractivity contribution in [1.82, 2.24) is 4.90 Å². The van der Waals surface area contributed by atoms with Gasteiger partial charge in [0.05, 0.1) is 0 Å². The third-order valence-electron chi connectivity index (χ3n) is 3.32. The van der Waals surface area contributed by atoms with Crippen LogP contribution in [0.25, 0.3) is 0 Å². The van der Waals surface area contributed by atoms with Crippen LogP contribution < -0.4 is 0 Å². The Morgan fingerprint density at radius 2 is 1.81 bits per heavy atom. The molecule has 110 valence electrons. The summed E-state index contributed by atoms with van der Waals surface area (Å²) < 4.78 is 5.07. The summed E-state index contributed by atoms with van der Waals surface area (Å²) in [7, 11) is 0. The lowest BCUT2D eigenvalue weighted by molar-refractivity contribution is 0.0649. The number of carboxylic acid groups (broad SMARTS) is 1. The summed E-state index contributed by atoms with van der Waals surface area (Å²) >= 11 is 0. The van der Waals surface area contributed by atoms with Gasteiger partial charge in [0, 0.05) is 13.1 Å². The van der Waals surface area contributed by atoms with Crippen molar-refractivity contribution in [1.29, 1.82) is 0 Å². The van der Waals surface area contributed by atoms with Gasteiger partial charge in [-0.05, 0) is 37.1 Å². The van der Waals surface area contributed by atoms with Gasteiger partial charge in [-0.15, -0.1) is 0 Å². The number of furan rings is 1. The Bertz CT molecular complexity index is 660. The van der Waals surface area contributed by atoms with Crippen molar-refractivity contribution in [3.05, 3.63) is 59.0 Å². The van der Waals surface area contributed by atoms with Crippen molar-refractivity contribution < 1.29 is 19.1 Å². The lowest BCUT2D eigenvalue weighted by Gasteiger charge is -2.20. The summed E-state index contributed by atoms with van der Waals surface area (Å²) in [4.78, 5) is 24.8. The monoisotopic (exact) mass is 287 g/mol. The zero-order chi connectivity index (χ0) is 15.4. The van der Waals surface area contributed by atoms with Gasteiger partial charge in [0.15, 0.2) is 5.76 Å². The molecule has 1 aromatic carbocycles. The number of carbonyl (C=O) groups excluding carboxylic acids is 1. The summed E-state index contributed by atoms with van der Waals surface area (Å²) in [6, 6.07) is 10.5. The number of aromatic carboxylic acids is 1. The average Bonchev–Trinajstić information content (AvgIpc) is 2.96. The minimum atomic E-state index is -1.18. The summed E-state index contributed by atoms with van der Waals surface area (Å²) in [5.41, 5.74) is 2.16. The lowest BCUT2D eigenvalue weighted by atomic mass is 10.1. The maximum Gasteiger partial charge on any atom is 0.371 e. The number of hydrogen-bond donors (Lipinski definition) is 1. The average molecular weight is 287 g/mol. The van der Waals surface area contributed by atoms with Gasteiger partial charge in [0.1, 0.15) is 0 Å². The number of hydrogen-bond acceptors (Lipinski definition) is 3. The smallest absolute Gasteiger partial charge is 0.371 e. The van der Waals surface area contributed by atoms with Crippen LogP contribution in [0.3, 0.4) is 0 Å². The summed E-state index contributed by atoms with van der Waals surface area (Å²) in [5, 5.41) is 8.83. The van der Waals surface area contributed by atoms with Gasteiger partial charge in [-0.3, -0.25) is 4.79 Å². The molecular formula is C16H17NO4. The van der Waals surface area contributed by atoms with E-state index in [9.17, 15) is 9.59 Å². The van der Waals surface area contributed by atoms with Crippen LogP contribution >= 0.6 is 0 Å². The molecule has 1 aromatic heterocycles. The second-order valence-corrected chi connectivity index (χ2v) is 4.71. The third kappa shape index (κ3) is 3.31. The summed E-state index contributed by atoms with van der Waals surface area (Å²) in [6.45, 7) is 4.83. The van der Waals surface area contributed by atoms with Crippen LogP contribution in [-0.4, -0.2) is 28.4 Å². The molecule has 0 fully saturated rings. The molecule has 0 atom stereocenters. The van der Waals surface area contributed by atoms with Crippen LogP contribution in [0.2, 0.25) is 0 Å². The largest absolute Gasteiger partial charge is 0.475 e. The predicted octanol–water partition coefficient (Wildman–Crippen LogP) is 2.95. The normalized spacial score (nSPS) is 10.4. The predicted molar refractivity (Wildman–Crippen MR) is 77.3 cm³/mol. The van der Waals surface area contributed by atoms with Crippen molar-refractivity contribution in [3.8, 4) is 0 Å². The van der Waals surface area contributed by atoms with E-state index in [2.05, 4.69) is 0 Å². The molecule has 0 aliphatic carbocycles. The molecule has 5 nitrogen and oxygen atoms in total. The first-order valence-corrected chi connectivity index (χ1v) is 6.69. The first-order chi connectivity index (χ1) is 10.0. The van der Waals surface area contributed by atoms with E-state index in [1.165, 1.54) is 12.1 Å². The molecule has 0 aliphatic rings. The van der Waals surface area contributed by atoms with Crippen molar-refractivity contribution in [2.45, 2.75) is 20.4 Å². The molecule has 1 N–H and O–H groups in total. The van der Waals surface area contributed by atoms with Gasteiger partial charge < -0.3 is 14.4 Å². The Morgan fingerprint density at radius 1 is 1.14 bits per heavy atom. The maximum absolute atomic E-state index is 12.4. The second-order valence-electron chi connectivity index (χ2n) is 4.71. The first kappa shape index (κ1) is 14.8. The van der Waals surface area contributed by atoms with Gasteiger partial charge in [-0.1, -0.05) is 24.3 Å². The minimum absolute atomic E-state index is 0.0443. The zero-order valence-corrected chi connectivity index (χ0v) is 12.0. The molecule has 0 bridgehead atoms. The lowest BCUT2D eigenvalue weighted by Crippen LogP contribution is -2.30. The third-order valence-corrected chi connectivity index (χ3v) is 3.32. The van der Waals surface area contributed by atoms with Crippen molar-refractivity contribution in [2.75, 3.05) is 6.54 Å². The molecule has 0 unspecified atom stereocenters. The van der Waals surface area contributed by atoms with E-state index in [0.29, 0.717) is 13.1 Å². The molecule has 2 aromatic rings. The van der Waals surface area contributed by atoms with E-state index in [0.717, 1.165) is 11.1 Å². The van der Waals surface area contributed by atoms with Gasteiger partial charge in [-0.25, -0.2) is 4.79 Å². The Labute approximate surface area is 122 Å². The Kier molecular flexibility index (Phi) is 4.42. The van der Waals surface area contributed by atoms with E-state index in [-0.39, 0.29) is 17.4 Å². The fourth-order valence-electron chi connectivity index (χ4n) is 2.04. The Morgan fingerprint density at radius 3 is 2.38 bits per heavy atom. The highest BCUT2D eigenvalue weighted by molar-refractivity contribution is 5.93. The fraction of sp³-hybridized carbons (Fsp3) is 0.250. The topological polar surface area (TPSA) is 70.8 Å². The standard InChI is InChI=1S/C16H17NO4/c1-3-17(10-12-7-5-4-6-11(12)2)15(18)13-8-9-14(21-13)16(19)20/h4-9H,3,10H2,1-2H3,(H,19,20). The van der Waals surface area contributed by atoms with Crippen LogP contribution in [0.15, 0.2) is 40.8 Å². The van der Waals surface area contributed by atoms with E-state index in [1.54, 1.807) is 4.90 Å². The van der Waals surface area contributed by atoms with E-state index in [1.807, 2.05) is 38.1 Å². The minimum Gasteiger partial charge on any atom is -0.475 e. The number of benzene rings is 1. The highest BCUT2D eigenvalue weighted by Gasteiger charge is 2.20. The molecule has 1 heterocycles. The molecule has 0 saturated carbocycles. The van der Waals surface area contributed by atoms with Crippen molar-refractivity contribution in [2.24, 2.45) is 0 Å². The van der Waals surface area contributed by atoms with E-state index in [4.69, 9.17) is 9.52 Å². The highest BCUT2D eigenvalue weighted by atomic mass is 16.4. The number of carboxylic acids is 1. The first-order valence-electron chi connectivity index (χ1n) is 6.69. The number of amides is 1. The van der Waals surface area contributed by atoms with Gasteiger partial charge in [0.25, 0.3) is 5.91 Å². The Hall–Kier alpha value is -2.56. The number of aryl methyl sites for hydroxylation is 1. The molecule has 2 rings (SSSR count). The van der Waals surface area contributed by atoms with Crippen LogP contribution in [-0.2, 0) is 6.54 Å². The SMILES string of the molecule is CCN(Cc1ccccc1C)C(=O)c1ccc(C(=O)O)o1. The zero-order valence-electron chi connectivity index (χ0n) is 12.0. The number of carbonyl (C=O) groups is 2. The molecule has 0 aliphatic heterocycles. The quantitative estimate of drug-likeness (QED) is 0.917. The number of rotatable bonds is 5. The van der Waals surface area contributed by atoms with Gasteiger partial charge in [-0.2, -0.15) is 0 Å². The molecule has 0 radical (unpaired) electrons. The number of nitrogens with zero attached hydrogens (tertiary/aromatic N) is 1. The summed E-state index contributed by atoms with van der Waals surface area (Å²) in [6.07, 6.45) is 0. The fourth-order valence-corrected chi connectivity index (χ4v) is 2.04. The van der Waals surface area contributed by atoms with Crippen molar-refractivity contribution >= 4 is 11.9 Å². The van der Waals surface area contributed by atoms with Gasteiger partial charge in [0.2, 0.25) is 5.76 Å². The van der Waals surface area contributed by atoms with Crippen LogP contribution in [0.1, 0.15) is 39.2 Å². The van der Waals surface area contributed by atoms with Crippen LogP contribution in [0.5, 0.6) is 0 Å². The summed E-state index contributed by atoms with van der Waals surface area (Å²) in [5.74, 6) is -1.68.